The minimum Gasteiger partial charge on any atom is -0.341 e. The molecule has 0 radical (unpaired) electrons. The van der Waals surface area contributed by atoms with Gasteiger partial charge >= 0.3 is 0 Å². The van der Waals surface area contributed by atoms with E-state index in [4.69, 9.17) is 0 Å². The van der Waals surface area contributed by atoms with Gasteiger partial charge in [0.1, 0.15) is 6.04 Å². The molecular formula is C17H28N2O3S. The molecule has 0 N–H and O–H groups in total. The predicted molar refractivity (Wildman–Crippen MR) is 95.2 cm³/mol. The summed E-state index contributed by atoms with van der Waals surface area (Å²) in [6, 6.07) is 4.76. The molecule has 1 amide bonds. The maximum atomic E-state index is 12.8. The molecule has 0 unspecified atom stereocenters. The van der Waals surface area contributed by atoms with Crippen LogP contribution in [0.15, 0.2) is 18.2 Å². The third-order valence-corrected chi connectivity index (χ3v) is 5.31. The lowest BCUT2D eigenvalue weighted by atomic mass is 10.1. The zero-order chi connectivity index (χ0) is 17.8. The average Bonchev–Trinajstić information content (AvgIpc) is 2.47. The minimum atomic E-state index is -3.57. The summed E-state index contributed by atoms with van der Waals surface area (Å²) in [6.07, 6.45) is 1.58. The summed E-state index contributed by atoms with van der Waals surface area (Å²) in [5, 5.41) is 0. The van der Waals surface area contributed by atoms with Crippen LogP contribution in [-0.2, 0) is 14.8 Å². The summed E-state index contributed by atoms with van der Waals surface area (Å²) < 4.78 is 26.0. The van der Waals surface area contributed by atoms with Crippen LogP contribution >= 0.6 is 0 Å². The Labute approximate surface area is 140 Å². The van der Waals surface area contributed by atoms with Crippen molar-refractivity contribution >= 4 is 21.6 Å². The first-order valence-electron chi connectivity index (χ1n) is 8.02. The number of rotatable bonds is 7. The van der Waals surface area contributed by atoms with E-state index < -0.39 is 16.1 Å². The lowest BCUT2D eigenvalue weighted by molar-refractivity contribution is -0.132. The van der Waals surface area contributed by atoms with Gasteiger partial charge in [0.25, 0.3) is 0 Å². The highest BCUT2D eigenvalue weighted by molar-refractivity contribution is 7.92. The van der Waals surface area contributed by atoms with Crippen LogP contribution in [-0.4, -0.2) is 44.6 Å². The van der Waals surface area contributed by atoms with Crippen LogP contribution in [0.2, 0.25) is 0 Å². The van der Waals surface area contributed by atoms with Crippen LogP contribution in [0, 0.1) is 13.8 Å². The highest BCUT2D eigenvalue weighted by Crippen LogP contribution is 2.25. The number of benzene rings is 1. The Hall–Kier alpha value is -1.56. The second kappa shape index (κ2) is 7.81. The van der Waals surface area contributed by atoms with Gasteiger partial charge in [-0.3, -0.25) is 9.10 Å². The molecule has 1 aromatic rings. The molecule has 0 spiro atoms. The maximum absolute atomic E-state index is 12.8. The molecule has 1 atom stereocenters. The smallest absolute Gasteiger partial charge is 0.246 e. The SMILES string of the molecule is CC[C@H](C(=O)N(CC)CC)N(c1ccc(C)c(C)c1)S(C)(=O)=O. The molecule has 1 rings (SSSR count). The van der Waals surface area contributed by atoms with Crippen molar-refractivity contribution < 1.29 is 13.2 Å². The third kappa shape index (κ3) is 4.47. The Morgan fingerprint density at radius 1 is 1.09 bits per heavy atom. The van der Waals surface area contributed by atoms with Crippen molar-refractivity contribution in [3.05, 3.63) is 29.3 Å². The van der Waals surface area contributed by atoms with Crippen molar-refractivity contribution in [2.24, 2.45) is 0 Å². The van der Waals surface area contributed by atoms with Gasteiger partial charge in [0, 0.05) is 13.1 Å². The van der Waals surface area contributed by atoms with Gasteiger partial charge in [-0.2, -0.15) is 0 Å². The molecule has 0 heterocycles. The van der Waals surface area contributed by atoms with E-state index in [9.17, 15) is 13.2 Å². The molecule has 0 aliphatic carbocycles. The molecule has 130 valence electrons. The van der Waals surface area contributed by atoms with Gasteiger partial charge in [0.2, 0.25) is 15.9 Å². The Bertz CT molecular complexity index is 652. The van der Waals surface area contributed by atoms with E-state index in [1.807, 2.05) is 46.8 Å². The molecule has 0 saturated carbocycles. The number of hydrogen-bond acceptors (Lipinski definition) is 3. The number of hydrogen-bond donors (Lipinski definition) is 0. The minimum absolute atomic E-state index is 0.152. The number of carbonyl (C=O) groups is 1. The normalized spacial score (nSPS) is 12.8. The molecule has 6 heteroatoms. The van der Waals surface area contributed by atoms with Gasteiger partial charge in [-0.15, -0.1) is 0 Å². The van der Waals surface area contributed by atoms with Crippen molar-refractivity contribution in [3.63, 3.8) is 0 Å². The molecule has 23 heavy (non-hydrogen) atoms. The van der Waals surface area contributed by atoms with Gasteiger partial charge in [-0.05, 0) is 57.4 Å². The van der Waals surface area contributed by atoms with Gasteiger partial charge in [0.15, 0.2) is 0 Å². The van der Waals surface area contributed by atoms with E-state index in [0.29, 0.717) is 25.2 Å². The fourth-order valence-electron chi connectivity index (χ4n) is 2.65. The number of anilines is 1. The molecule has 0 saturated heterocycles. The van der Waals surface area contributed by atoms with E-state index in [1.165, 1.54) is 4.31 Å². The fraction of sp³-hybridized carbons (Fsp3) is 0.588. The molecule has 0 aliphatic heterocycles. The summed E-state index contributed by atoms with van der Waals surface area (Å²) in [6.45, 7) is 10.7. The number of nitrogens with zero attached hydrogens (tertiary/aromatic N) is 2. The summed E-state index contributed by atoms with van der Waals surface area (Å²) in [7, 11) is -3.57. The van der Waals surface area contributed by atoms with Crippen LogP contribution in [0.3, 0.4) is 0 Å². The second-order valence-corrected chi connectivity index (χ2v) is 7.62. The summed E-state index contributed by atoms with van der Waals surface area (Å²) >= 11 is 0. The van der Waals surface area contributed by atoms with Crippen LogP contribution in [0.4, 0.5) is 5.69 Å². The van der Waals surface area contributed by atoms with Crippen LogP contribution in [0.1, 0.15) is 38.3 Å². The van der Waals surface area contributed by atoms with Crippen LogP contribution in [0.5, 0.6) is 0 Å². The molecule has 0 aliphatic rings. The molecule has 0 bridgehead atoms. The highest BCUT2D eigenvalue weighted by Gasteiger charge is 2.33. The number of amides is 1. The van der Waals surface area contributed by atoms with Gasteiger partial charge in [-0.1, -0.05) is 13.0 Å². The lowest BCUT2D eigenvalue weighted by Gasteiger charge is -2.33. The van der Waals surface area contributed by atoms with Gasteiger partial charge in [0.05, 0.1) is 11.9 Å². The van der Waals surface area contributed by atoms with E-state index in [-0.39, 0.29) is 5.91 Å². The standard InChI is InChI=1S/C17H28N2O3S/c1-7-16(17(20)18(8-2)9-3)19(23(6,21)22)15-11-10-13(4)14(5)12-15/h10-12,16H,7-9H2,1-6H3/t16-/m1/s1. The fourth-order valence-corrected chi connectivity index (χ4v) is 3.85. The monoisotopic (exact) mass is 340 g/mol. The average molecular weight is 340 g/mol. The predicted octanol–water partition coefficient (Wildman–Crippen LogP) is 2.72. The Balaban J connectivity index is 3.39. The lowest BCUT2D eigenvalue weighted by Crippen LogP contribution is -2.50. The zero-order valence-electron chi connectivity index (χ0n) is 15.0. The molecular weight excluding hydrogens is 312 g/mol. The third-order valence-electron chi connectivity index (χ3n) is 4.13. The maximum Gasteiger partial charge on any atom is 0.246 e. The van der Waals surface area contributed by atoms with Crippen LogP contribution in [0.25, 0.3) is 0 Å². The molecule has 0 aromatic heterocycles. The van der Waals surface area contributed by atoms with Crippen molar-refractivity contribution in [1.82, 2.24) is 4.90 Å². The molecule has 5 nitrogen and oxygen atoms in total. The molecule has 0 fully saturated rings. The largest absolute Gasteiger partial charge is 0.341 e. The van der Waals surface area contributed by atoms with Gasteiger partial charge < -0.3 is 4.90 Å². The van der Waals surface area contributed by atoms with E-state index in [0.717, 1.165) is 17.4 Å². The van der Waals surface area contributed by atoms with E-state index in [1.54, 1.807) is 11.0 Å². The number of carbonyl (C=O) groups excluding carboxylic acids is 1. The molecule has 1 aromatic carbocycles. The quantitative estimate of drug-likeness (QED) is 0.767. The van der Waals surface area contributed by atoms with E-state index in [2.05, 4.69) is 0 Å². The number of likely N-dealkylation sites (N-methyl/N-ethyl adjacent to an activating group) is 1. The topological polar surface area (TPSA) is 57.7 Å². The van der Waals surface area contributed by atoms with E-state index >= 15 is 0 Å². The summed E-state index contributed by atoms with van der Waals surface area (Å²) in [5.41, 5.74) is 2.63. The van der Waals surface area contributed by atoms with Crippen molar-refractivity contribution in [2.75, 3.05) is 23.7 Å². The first-order chi connectivity index (χ1) is 10.7. The van der Waals surface area contributed by atoms with Crippen molar-refractivity contribution in [3.8, 4) is 0 Å². The second-order valence-electron chi connectivity index (χ2n) is 5.76. The first kappa shape index (κ1) is 19.5. The van der Waals surface area contributed by atoms with Gasteiger partial charge in [-0.25, -0.2) is 8.42 Å². The zero-order valence-corrected chi connectivity index (χ0v) is 15.8. The summed E-state index contributed by atoms with van der Waals surface area (Å²) in [5.74, 6) is -0.152. The number of sulfonamides is 1. The van der Waals surface area contributed by atoms with Crippen molar-refractivity contribution in [2.45, 2.75) is 47.1 Å². The first-order valence-corrected chi connectivity index (χ1v) is 9.87. The Kier molecular flexibility index (Phi) is 6.62. The van der Waals surface area contributed by atoms with Crippen LogP contribution < -0.4 is 4.31 Å². The summed E-state index contributed by atoms with van der Waals surface area (Å²) in [4.78, 5) is 14.4. The Morgan fingerprint density at radius 2 is 1.65 bits per heavy atom. The highest BCUT2D eigenvalue weighted by atomic mass is 32.2. The van der Waals surface area contributed by atoms with Crippen molar-refractivity contribution in [1.29, 1.82) is 0 Å². The Morgan fingerprint density at radius 3 is 2.04 bits per heavy atom. The number of aryl methyl sites for hydroxylation is 2.